The molecule has 0 aliphatic carbocycles. The number of carbonyl (C=O) groups excluding carboxylic acids is 1. The number of benzene rings is 3. The van der Waals surface area contributed by atoms with Crippen LogP contribution in [-0.4, -0.2) is 52.7 Å². The van der Waals surface area contributed by atoms with E-state index in [0.717, 1.165) is 9.87 Å². The van der Waals surface area contributed by atoms with Crippen LogP contribution in [0.1, 0.15) is 16.7 Å². The zero-order valence-electron chi connectivity index (χ0n) is 20.9. The summed E-state index contributed by atoms with van der Waals surface area (Å²) in [6.07, 6.45) is 1.36. The van der Waals surface area contributed by atoms with Crippen molar-refractivity contribution < 1.29 is 31.8 Å². The molecule has 0 radical (unpaired) electrons. The molecule has 37 heavy (non-hydrogen) atoms. The summed E-state index contributed by atoms with van der Waals surface area (Å²) in [5, 5.41) is 3.94. The number of methoxy groups -OCH3 is 3. The number of ether oxygens (including phenoxy) is 3. The molecule has 0 unspecified atom stereocenters. The zero-order valence-corrected chi connectivity index (χ0v) is 21.7. The van der Waals surface area contributed by atoms with E-state index in [1.807, 2.05) is 6.92 Å². The maximum Gasteiger partial charge on any atom is 0.255 e. The molecule has 11 heteroatoms. The lowest BCUT2D eigenvalue weighted by Gasteiger charge is -2.21. The third-order valence-corrected chi connectivity index (χ3v) is 7.15. The number of amides is 1. The van der Waals surface area contributed by atoms with Crippen molar-refractivity contribution in [1.82, 2.24) is 9.73 Å². The van der Waals surface area contributed by atoms with Crippen LogP contribution in [0.25, 0.3) is 0 Å². The van der Waals surface area contributed by atoms with Crippen molar-refractivity contribution in [2.75, 3.05) is 27.9 Å². The summed E-state index contributed by atoms with van der Waals surface area (Å²) in [7, 11) is 0.391. The van der Waals surface area contributed by atoms with E-state index in [0.29, 0.717) is 28.4 Å². The van der Waals surface area contributed by atoms with Gasteiger partial charge in [-0.05, 0) is 48.9 Å². The molecule has 0 aliphatic rings. The van der Waals surface area contributed by atoms with Gasteiger partial charge in [0.2, 0.25) is 15.8 Å². The van der Waals surface area contributed by atoms with Gasteiger partial charge < -0.3 is 14.2 Å². The summed E-state index contributed by atoms with van der Waals surface area (Å²) in [5.74, 6) is 0.106. The van der Waals surface area contributed by atoms with Crippen molar-refractivity contribution in [3.8, 4) is 17.2 Å². The van der Waals surface area contributed by atoms with Crippen LogP contribution < -0.4 is 19.6 Å². The molecule has 1 N–H and O–H groups in total. The van der Waals surface area contributed by atoms with Gasteiger partial charge in [0.05, 0.1) is 39.0 Å². The Balaban J connectivity index is 1.80. The van der Waals surface area contributed by atoms with E-state index in [2.05, 4.69) is 10.5 Å². The van der Waals surface area contributed by atoms with E-state index in [-0.39, 0.29) is 11.4 Å². The number of nitrogens with zero attached hydrogens (tertiary/aromatic N) is 2. The summed E-state index contributed by atoms with van der Waals surface area (Å²) in [4.78, 5) is 12.7. The maximum absolute atomic E-state index is 13.4. The molecule has 0 fully saturated rings. The van der Waals surface area contributed by atoms with E-state index in [1.165, 1.54) is 63.9 Å². The summed E-state index contributed by atoms with van der Waals surface area (Å²) < 4.78 is 56.9. The van der Waals surface area contributed by atoms with Crippen molar-refractivity contribution >= 4 is 22.1 Å². The highest BCUT2D eigenvalue weighted by Crippen LogP contribution is 2.37. The molecule has 0 aromatic heterocycles. The number of sulfonamides is 1. The first-order valence-corrected chi connectivity index (χ1v) is 12.5. The highest BCUT2D eigenvalue weighted by atomic mass is 32.2. The average Bonchev–Trinajstić information content (AvgIpc) is 2.89. The first kappa shape index (κ1) is 27.6. The molecule has 0 bridgehead atoms. The predicted molar refractivity (Wildman–Crippen MR) is 137 cm³/mol. The monoisotopic (exact) mass is 529 g/mol. The summed E-state index contributed by atoms with van der Waals surface area (Å²) >= 11 is 0. The second-order valence-corrected chi connectivity index (χ2v) is 9.90. The highest BCUT2D eigenvalue weighted by Gasteiger charge is 2.27. The third kappa shape index (κ3) is 7.05. The van der Waals surface area contributed by atoms with E-state index >= 15 is 0 Å². The van der Waals surface area contributed by atoms with Crippen LogP contribution in [0.5, 0.6) is 17.2 Å². The average molecular weight is 530 g/mol. The number of hydrogen-bond acceptors (Lipinski definition) is 7. The van der Waals surface area contributed by atoms with Gasteiger partial charge in [-0.3, -0.25) is 4.79 Å². The standard InChI is InChI=1S/C26H28FN3O6S/c1-18-5-11-22(12-6-18)37(32,33)30(16-19-7-9-21(27)10-8-19)17-25(31)29-28-15-20-13-23(34-2)26(36-4)24(14-20)35-3/h5-15H,16-17H2,1-4H3,(H,29,31)/b28-15-. The molecule has 0 atom stereocenters. The molecule has 9 nitrogen and oxygen atoms in total. The molecule has 0 saturated heterocycles. The number of aryl methyl sites for hydroxylation is 1. The summed E-state index contributed by atoms with van der Waals surface area (Å²) in [5.41, 5.74) is 4.30. The fourth-order valence-corrected chi connectivity index (χ4v) is 4.81. The van der Waals surface area contributed by atoms with Crippen LogP contribution in [0.3, 0.4) is 0 Å². The molecule has 0 heterocycles. The molecule has 3 aromatic carbocycles. The van der Waals surface area contributed by atoms with Crippen molar-refractivity contribution in [2.45, 2.75) is 18.4 Å². The van der Waals surface area contributed by atoms with Crippen molar-refractivity contribution in [2.24, 2.45) is 5.10 Å². The Bertz CT molecular complexity index is 1340. The van der Waals surface area contributed by atoms with Gasteiger partial charge in [-0.15, -0.1) is 0 Å². The lowest BCUT2D eigenvalue weighted by Crippen LogP contribution is -2.39. The van der Waals surface area contributed by atoms with Gasteiger partial charge in [-0.2, -0.15) is 9.41 Å². The van der Waals surface area contributed by atoms with Gasteiger partial charge in [0.1, 0.15) is 5.82 Å². The normalized spacial score (nSPS) is 11.5. The molecule has 3 rings (SSSR count). The fraction of sp³-hybridized carbons (Fsp3) is 0.231. The Morgan fingerprint density at radius 2 is 1.57 bits per heavy atom. The molecule has 0 aliphatic heterocycles. The molecule has 196 valence electrons. The van der Waals surface area contributed by atoms with Gasteiger partial charge in [-0.1, -0.05) is 29.8 Å². The summed E-state index contributed by atoms with van der Waals surface area (Å²) in [6, 6.07) is 15.0. The Morgan fingerprint density at radius 3 is 2.11 bits per heavy atom. The Labute approximate surface area is 215 Å². The van der Waals surface area contributed by atoms with Crippen LogP contribution in [0.2, 0.25) is 0 Å². The van der Waals surface area contributed by atoms with E-state index in [9.17, 15) is 17.6 Å². The van der Waals surface area contributed by atoms with E-state index in [4.69, 9.17) is 14.2 Å². The number of rotatable bonds is 11. The van der Waals surface area contributed by atoms with Crippen LogP contribution in [0, 0.1) is 12.7 Å². The SMILES string of the molecule is COc1cc(/C=N\NC(=O)CN(Cc2ccc(F)cc2)S(=O)(=O)c2ccc(C)cc2)cc(OC)c1OC. The van der Waals surface area contributed by atoms with Gasteiger partial charge in [0.15, 0.2) is 11.5 Å². The Morgan fingerprint density at radius 1 is 0.973 bits per heavy atom. The first-order valence-electron chi connectivity index (χ1n) is 11.1. The van der Waals surface area contributed by atoms with Crippen LogP contribution in [0.15, 0.2) is 70.7 Å². The largest absolute Gasteiger partial charge is 0.493 e. The fourth-order valence-electron chi connectivity index (χ4n) is 3.43. The second kappa shape index (κ2) is 12.3. The van der Waals surface area contributed by atoms with Gasteiger partial charge >= 0.3 is 0 Å². The molecule has 3 aromatic rings. The molecular weight excluding hydrogens is 501 g/mol. The molecule has 0 saturated carbocycles. The topological polar surface area (TPSA) is 107 Å². The van der Waals surface area contributed by atoms with Gasteiger partial charge in [0.25, 0.3) is 5.91 Å². The summed E-state index contributed by atoms with van der Waals surface area (Å²) in [6.45, 7) is 1.19. The zero-order chi connectivity index (χ0) is 27.0. The van der Waals surface area contributed by atoms with Gasteiger partial charge in [-0.25, -0.2) is 18.2 Å². The first-order chi connectivity index (χ1) is 17.7. The van der Waals surface area contributed by atoms with Crippen LogP contribution in [0.4, 0.5) is 4.39 Å². The predicted octanol–water partition coefficient (Wildman–Crippen LogP) is 3.50. The lowest BCUT2D eigenvalue weighted by molar-refractivity contribution is -0.121. The highest BCUT2D eigenvalue weighted by molar-refractivity contribution is 7.89. The lowest BCUT2D eigenvalue weighted by atomic mass is 10.2. The quantitative estimate of drug-likeness (QED) is 0.301. The minimum absolute atomic E-state index is 0.0361. The maximum atomic E-state index is 13.4. The number of hydrogen-bond donors (Lipinski definition) is 1. The second-order valence-electron chi connectivity index (χ2n) is 7.96. The number of carbonyl (C=O) groups is 1. The Kier molecular flexibility index (Phi) is 9.20. The van der Waals surface area contributed by atoms with E-state index in [1.54, 1.807) is 24.3 Å². The van der Waals surface area contributed by atoms with Crippen LogP contribution >= 0.6 is 0 Å². The smallest absolute Gasteiger partial charge is 0.255 e. The van der Waals surface area contributed by atoms with Crippen molar-refractivity contribution in [1.29, 1.82) is 0 Å². The molecular formula is C26H28FN3O6S. The molecule has 1 amide bonds. The number of nitrogens with one attached hydrogen (secondary N) is 1. The van der Waals surface area contributed by atoms with Crippen LogP contribution in [-0.2, 0) is 21.4 Å². The Hall–Kier alpha value is -3.96. The number of halogens is 1. The minimum Gasteiger partial charge on any atom is -0.493 e. The van der Waals surface area contributed by atoms with E-state index < -0.39 is 28.3 Å². The third-order valence-electron chi connectivity index (χ3n) is 5.34. The van der Waals surface area contributed by atoms with Crippen molar-refractivity contribution in [3.63, 3.8) is 0 Å². The van der Waals surface area contributed by atoms with Crippen molar-refractivity contribution in [3.05, 3.63) is 83.2 Å². The van der Waals surface area contributed by atoms with Gasteiger partial charge in [0, 0.05) is 12.1 Å². The minimum atomic E-state index is -4.04. The molecule has 0 spiro atoms. The number of hydrazone groups is 1.